The number of benzene rings is 1. The monoisotopic (exact) mass is 348 g/mol. The van der Waals surface area contributed by atoms with Gasteiger partial charge in [-0.1, -0.05) is 24.3 Å². The molecule has 3 heterocycles. The van der Waals surface area contributed by atoms with Gasteiger partial charge in [0.25, 0.3) is 0 Å². The van der Waals surface area contributed by atoms with E-state index in [1.807, 2.05) is 36.5 Å². The Balaban J connectivity index is 1.73. The molecule has 4 nitrogen and oxygen atoms in total. The molecule has 1 saturated heterocycles. The molecule has 0 atom stereocenters. The summed E-state index contributed by atoms with van der Waals surface area (Å²) in [5, 5.41) is 0. The van der Waals surface area contributed by atoms with Crippen LogP contribution in [0.4, 0.5) is 10.2 Å². The molecule has 1 aliphatic rings. The molecule has 1 aromatic carbocycles. The second-order valence-electron chi connectivity index (χ2n) is 6.57. The average molecular weight is 348 g/mol. The molecule has 0 N–H and O–H groups in total. The van der Waals surface area contributed by atoms with Crippen molar-refractivity contribution in [1.82, 2.24) is 15.0 Å². The number of hydrogen-bond donors (Lipinski definition) is 0. The minimum Gasteiger partial charge on any atom is -0.356 e. The lowest BCUT2D eigenvalue weighted by Gasteiger charge is -2.29. The first kappa shape index (κ1) is 16.6. The minimum absolute atomic E-state index is 0.189. The highest BCUT2D eigenvalue weighted by Gasteiger charge is 2.19. The summed E-state index contributed by atoms with van der Waals surface area (Å²) in [7, 11) is 0. The van der Waals surface area contributed by atoms with Crippen molar-refractivity contribution in [2.75, 3.05) is 18.0 Å². The molecule has 0 unspecified atom stereocenters. The van der Waals surface area contributed by atoms with Crippen molar-refractivity contribution < 1.29 is 4.39 Å². The summed E-state index contributed by atoms with van der Waals surface area (Å²) < 4.78 is 14.1. The Bertz CT molecular complexity index is 876. The summed E-state index contributed by atoms with van der Waals surface area (Å²) in [6.07, 6.45) is 7.61. The summed E-state index contributed by atoms with van der Waals surface area (Å²) in [4.78, 5) is 16.0. The second kappa shape index (κ2) is 7.60. The topological polar surface area (TPSA) is 41.9 Å². The molecule has 4 rings (SSSR count). The van der Waals surface area contributed by atoms with Crippen LogP contribution in [0.2, 0.25) is 0 Å². The highest BCUT2D eigenvalue weighted by atomic mass is 19.1. The van der Waals surface area contributed by atoms with Gasteiger partial charge < -0.3 is 4.90 Å². The van der Waals surface area contributed by atoms with Crippen LogP contribution >= 0.6 is 0 Å². The van der Waals surface area contributed by atoms with Crippen molar-refractivity contribution in [3.8, 4) is 11.5 Å². The Morgan fingerprint density at radius 1 is 0.885 bits per heavy atom. The summed E-state index contributed by atoms with van der Waals surface area (Å²) in [5.74, 6) is 1.33. The van der Waals surface area contributed by atoms with E-state index in [0.717, 1.165) is 43.0 Å². The summed E-state index contributed by atoms with van der Waals surface area (Å²) in [5.41, 5.74) is 2.37. The van der Waals surface area contributed by atoms with Gasteiger partial charge in [0.15, 0.2) is 5.82 Å². The lowest BCUT2D eigenvalue weighted by molar-refractivity contribution is 0.571. The van der Waals surface area contributed by atoms with Crippen LogP contribution in [-0.4, -0.2) is 28.0 Å². The van der Waals surface area contributed by atoms with Crippen LogP contribution in [0.25, 0.3) is 11.5 Å². The largest absolute Gasteiger partial charge is 0.356 e. The third-order valence-electron chi connectivity index (χ3n) is 4.73. The zero-order chi connectivity index (χ0) is 17.8. The summed E-state index contributed by atoms with van der Waals surface area (Å²) in [6, 6.07) is 12.6. The molecule has 0 bridgehead atoms. The Morgan fingerprint density at radius 3 is 2.46 bits per heavy atom. The number of piperidine rings is 1. The van der Waals surface area contributed by atoms with Crippen molar-refractivity contribution in [1.29, 1.82) is 0 Å². The molecule has 0 radical (unpaired) electrons. The molecule has 0 spiro atoms. The van der Waals surface area contributed by atoms with E-state index in [0.29, 0.717) is 17.8 Å². The molecule has 0 aliphatic carbocycles. The number of nitrogens with zero attached hydrogens (tertiary/aromatic N) is 4. The van der Waals surface area contributed by atoms with E-state index < -0.39 is 0 Å². The van der Waals surface area contributed by atoms with E-state index in [1.165, 1.54) is 12.5 Å². The van der Waals surface area contributed by atoms with E-state index in [1.54, 1.807) is 12.3 Å². The van der Waals surface area contributed by atoms with E-state index in [2.05, 4.69) is 14.9 Å². The standard InChI is InChI=1S/C21H21FN4/c22-18-9-3-2-8-16(18)14-17-15-24-20(19-10-4-5-11-23-19)25-21(17)26-12-6-1-7-13-26/h2-5,8-11,15H,1,6-7,12-14H2. The maximum Gasteiger partial charge on any atom is 0.180 e. The van der Waals surface area contributed by atoms with E-state index >= 15 is 0 Å². The molecule has 132 valence electrons. The van der Waals surface area contributed by atoms with Gasteiger partial charge in [0.2, 0.25) is 0 Å². The van der Waals surface area contributed by atoms with Crippen molar-refractivity contribution in [3.05, 3.63) is 71.8 Å². The van der Waals surface area contributed by atoms with Gasteiger partial charge >= 0.3 is 0 Å². The lowest BCUT2D eigenvalue weighted by Crippen LogP contribution is -2.31. The van der Waals surface area contributed by atoms with Crippen LogP contribution < -0.4 is 4.90 Å². The van der Waals surface area contributed by atoms with Gasteiger partial charge in [0.1, 0.15) is 17.3 Å². The average Bonchev–Trinajstić information content (AvgIpc) is 2.71. The van der Waals surface area contributed by atoms with Crippen LogP contribution in [0.1, 0.15) is 30.4 Å². The third kappa shape index (κ3) is 3.57. The molecule has 1 fully saturated rings. The summed E-state index contributed by atoms with van der Waals surface area (Å²) >= 11 is 0. The molecule has 0 saturated carbocycles. The smallest absolute Gasteiger partial charge is 0.180 e. The number of anilines is 1. The molecule has 5 heteroatoms. The number of pyridine rings is 1. The van der Waals surface area contributed by atoms with Crippen LogP contribution in [0, 0.1) is 5.82 Å². The molecule has 0 amide bonds. The third-order valence-corrected chi connectivity index (χ3v) is 4.73. The predicted octanol–water partition coefficient (Wildman–Crippen LogP) is 4.26. The molecule has 26 heavy (non-hydrogen) atoms. The van der Waals surface area contributed by atoms with Gasteiger partial charge in [0.05, 0.1) is 0 Å². The number of rotatable bonds is 4. The summed E-state index contributed by atoms with van der Waals surface area (Å²) in [6.45, 7) is 1.95. The van der Waals surface area contributed by atoms with Crippen molar-refractivity contribution in [2.24, 2.45) is 0 Å². The maximum absolute atomic E-state index is 14.1. The fraction of sp³-hybridized carbons (Fsp3) is 0.286. The quantitative estimate of drug-likeness (QED) is 0.706. The Labute approximate surface area is 152 Å². The predicted molar refractivity (Wildman–Crippen MR) is 101 cm³/mol. The van der Waals surface area contributed by atoms with E-state index in [4.69, 9.17) is 4.98 Å². The number of halogens is 1. The van der Waals surface area contributed by atoms with Gasteiger partial charge in [-0.3, -0.25) is 4.98 Å². The maximum atomic E-state index is 14.1. The first-order valence-electron chi connectivity index (χ1n) is 9.07. The van der Waals surface area contributed by atoms with Crippen LogP contribution in [-0.2, 0) is 6.42 Å². The highest BCUT2D eigenvalue weighted by molar-refractivity contribution is 5.56. The Kier molecular flexibility index (Phi) is 4.86. The fourth-order valence-electron chi connectivity index (χ4n) is 3.37. The SMILES string of the molecule is Fc1ccccc1Cc1cnc(-c2ccccn2)nc1N1CCCCC1. The first-order valence-corrected chi connectivity index (χ1v) is 9.07. The Hall–Kier alpha value is -2.82. The second-order valence-corrected chi connectivity index (χ2v) is 6.57. The van der Waals surface area contributed by atoms with Crippen LogP contribution in [0.3, 0.4) is 0 Å². The molecular weight excluding hydrogens is 327 g/mol. The van der Waals surface area contributed by atoms with Crippen LogP contribution in [0.15, 0.2) is 54.9 Å². The van der Waals surface area contributed by atoms with Gasteiger partial charge in [0, 0.05) is 37.5 Å². The normalized spacial score (nSPS) is 14.4. The van der Waals surface area contributed by atoms with Gasteiger partial charge in [-0.05, 0) is 43.0 Å². The lowest BCUT2D eigenvalue weighted by atomic mass is 10.0. The van der Waals surface area contributed by atoms with Crippen molar-refractivity contribution in [2.45, 2.75) is 25.7 Å². The number of hydrogen-bond acceptors (Lipinski definition) is 4. The number of aromatic nitrogens is 3. The zero-order valence-corrected chi connectivity index (χ0v) is 14.6. The van der Waals surface area contributed by atoms with E-state index in [9.17, 15) is 4.39 Å². The van der Waals surface area contributed by atoms with Crippen LogP contribution in [0.5, 0.6) is 0 Å². The molecule has 3 aromatic rings. The van der Waals surface area contributed by atoms with Crippen molar-refractivity contribution >= 4 is 5.82 Å². The minimum atomic E-state index is -0.189. The molecule has 1 aliphatic heterocycles. The van der Waals surface area contributed by atoms with Gasteiger partial charge in [-0.15, -0.1) is 0 Å². The zero-order valence-electron chi connectivity index (χ0n) is 14.6. The highest BCUT2D eigenvalue weighted by Crippen LogP contribution is 2.26. The van der Waals surface area contributed by atoms with Crippen molar-refractivity contribution in [3.63, 3.8) is 0 Å². The van der Waals surface area contributed by atoms with E-state index in [-0.39, 0.29) is 5.82 Å². The first-order chi connectivity index (χ1) is 12.8. The molecule has 2 aromatic heterocycles. The molecular formula is C21H21FN4. The Morgan fingerprint density at radius 2 is 1.69 bits per heavy atom. The van der Waals surface area contributed by atoms with Gasteiger partial charge in [-0.25, -0.2) is 14.4 Å². The fourth-order valence-corrected chi connectivity index (χ4v) is 3.37. The van der Waals surface area contributed by atoms with Gasteiger partial charge in [-0.2, -0.15) is 0 Å².